The number of nitrogens with zero attached hydrogens (tertiary/aromatic N) is 2. The van der Waals surface area contributed by atoms with E-state index in [0.717, 1.165) is 16.9 Å². The maximum atomic E-state index is 11.9. The van der Waals surface area contributed by atoms with E-state index in [0.29, 0.717) is 4.88 Å². The van der Waals surface area contributed by atoms with E-state index in [9.17, 15) is 9.90 Å². The largest absolute Gasteiger partial charge is 0.506 e. The molecule has 0 fully saturated rings. The lowest BCUT2D eigenvalue weighted by Crippen LogP contribution is -1.91. The van der Waals surface area contributed by atoms with Crippen molar-refractivity contribution >= 4 is 28.8 Å². The number of thiophene rings is 1. The molecule has 3 rings (SSSR count). The lowest BCUT2D eigenvalue weighted by atomic mass is 10.2. The standard InChI is InChI=1S/C15H12N2O2S/c1-10-4-6-17-11(9-16-14(17)8-10)2-3-12(18)15-13(19)5-7-20-15/h2-9,19H,1H3/b3-2+. The lowest BCUT2D eigenvalue weighted by molar-refractivity contribution is 0.104. The van der Waals surface area contributed by atoms with E-state index in [1.807, 2.05) is 29.7 Å². The number of imidazole rings is 1. The van der Waals surface area contributed by atoms with Crippen LogP contribution in [0.5, 0.6) is 5.75 Å². The van der Waals surface area contributed by atoms with Crippen LogP contribution < -0.4 is 0 Å². The van der Waals surface area contributed by atoms with Crippen LogP contribution in [0.15, 0.2) is 42.0 Å². The third-order valence-corrected chi connectivity index (χ3v) is 3.89. The molecule has 5 heteroatoms. The number of aromatic nitrogens is 2. The smallest absolute Gasteiger partial charge is 0.199 e. The van der Waals surface area contributed by atoms with Crippen molar-refractivity contribution in [3.05, 3.63) is 58.2 Å². The molecule has 0 aliphatic carbocycles. The van der Waals surface area contributed by atoms with E-state index in [1.54, 1.807) is 17.7 Å². The second-order valence-corrected chi connectivity index (χ2v) is 5.36. The molecular weight excluding hydrogens is 272 g/mol. The van der Waals surface area contributed by atoms with Crippen LogP contribution in [0.1, 0.15) is 20.9 Å². The summed E-state index contributed by atoms with van der Waals surface area (Å²) in [5, 5.41) is 11.2. The van der Waals surface area contributed by atoms with Crippen molar-refractivity contribution in [2.45, 2.75) is 6.92 Å². The minimum absolute atomic E-state index is 0.0263. The Morgan fingerprint density at radius 3 is 3.05 bits per heavy atom. The Labute approximate surface area is 119 Å². The molecule has 1 N–H and O–H groups in total. The van der Waals surface area contributed by atoms with E-state index < -0.39 is 0 Å². The summed E-state index contributed by atoms with van der Waals surface area (Å²) in [5.74, 6) is -0.182. The third kappa shape index (κ3) is 2.23. The highest BCUT2D eigenvalue weighted by molar-refractivity contribution is 7.12. The van der Waals surface area contributed by atoms with Gasteiger partial charge in [-0.2, -0.15) is 0 Å². The first-order valence-corrected chi connectivity index (χ1v) is 6.96. The summed E-state index contributed by atoms with van der Waals surface area (Å²) in [4.78, 5) is 16.6. The highest BCUT2D eigenvalue weighted by Gasteiger charge is 2.09. The SMILES string of the molecule is Cc1ccn2c(/C=C/C(=O)c3sccc3O)cnc2c1. The highest BCUT2D eigenvalue weighted by Crippen LogP contribution is 2.24. The van der Waals surface area contributed by atoms with Gasteiger partial charge in [-0.05, 0) is 48.2 Å². The first kappa shape index (κ1) is 12.6. The molecule has 0 bridgehead atoms. The van der Waals surface area contributed by atoms with Gasteiger partial charge in [-0.25, -0.2) is 4.98 Å². The number of carbonyl (C=O) groups is 1. The van der Waals surface area contributed by atoms with Crippen molar-refractivity contribution in [3.8, 4) is 5.75 Å². The molecule has 0 unspecified atom stereocenters. The van der Waals surface area contributed by atoms with E-state index in [1.165, 1.54) is 23.5 Å². The zero-order chi connectivity index (χ0) is 14.1. The fourth-order valence-electron chi connectivity index (χ4n) is 1.95. The van der Waals surface area contributed by atoms with Crippen molar-refractivity contribution in [2.24, 2.45) is 0 Å². The van der Waals surface area contributed by atoms with Gasteiger partial charge in [0.1, 0.15) is 16.3 Å². The molecule has 20 heavy (non-hydrogen) atoms. The summed E-state index contributed by atoms with van der Waals surface area (Å²) in [6, 6.07) is 5.48. The fraction of sp³-hybridized carbons (Fsp3) is 0.0667. The molecule has 3 aromatic heterocycles. The molecule has 0 saturated heterocycles. The summed E-state index contributed by atoms with van der Waals surface area (Å²) in [6.07, 6.45) is 6.79. The normalized spacial score (nSPS) is 11.4. The number of aryl methyl sites for hydroxylation is 1. The topological polar surface area (TPSA) is 54.6 Å². The molecule has 0 amide bonds. The van der Waals surface area contributed by atoms with Gasteiger partial charge >= 0.3 is 0 Å². The maximum absolute atomic E-state index is 11.9. The quantitative estimate of drug-likeness (QED) is 0.593. The molecule has 0 saturated carbocycles. The van der Waals surface area contributed by atoms with Crippen molar-refractivity contribution in [1.82, 2.24) is 9.38 Å². The number of hydrogen-bond acceptors (Lipinski definition) is 4. The molecule has 3 heterocycles. The minimum Gasteiger partial charge on any atom is -0.506 e. The van der Waals surface area contributed by atoms with Gasteiger partial charge in [0.2, 0.25) is 0 Å². The van der Waals surface area contributed by atoms with Crippen LogP contribution in [0.2, 0.25) is 0 Å². The molecule has 0 aromatic carbocycles. The predicted molar refractivity (Wildman–Crippen MR) is 79.3 cm³/mol. The monoisotopic (exact) mass is 284 g/mol. The maximum Gasteiger partial charge on any atom is 0.199 e. The van der Waals surface area contributed by atoms with Gasteiger partial charge in [-0.15, -0.1) is 11.3 Å². The van der Waals surface area contributed by atoms with Crippen LogP contribution in [0.25, 0.3) is 11.7 Å². The Bertz CT molecular complexity index is 814. The predicted octanol–water partition coefficient (Wildman–Crippen LogP) is 3.31. The molecule has 3 aromatic rings. The van der Waals surface area contributed by atoms with Gasteiger partial charge in [0.15, 0.2) is 5.78 Å². The van der Waals surface area contributed by atoms with Crippen LogP contribution in [0, 0.1) is 6.92 Å². The Morgan fingerprint density at radius 1 is 1.45 bits per heavy atom. The summed E-state index contributed by atoms with van der Waals surface area (Å²) in [6.45, 7) is 2.01. The summed E-state index contributed by atoms with van der Waals surface area (Å²) >= 11 is 1.23. The molecule has 0 atom stereocenters. The van der Waals surface area contributed by atoms with Gasteiger partial charge in [0.25, 0.3) is 0 Å². The van der Waals surface area contributed by atoms with E-state index in [4.69, 9.17) is 0 Å². The van der Waals surface area contributed by atoms with Gasteiger partial charge in [-0.1, -0.05) is 0 Å². The molecule has 0 radical (unpaired) electrons. The van der Waals surface area contributed by atoms with Crippen LogP contribution in [0.4, 0.5) is 0 Å². The number of hydrogen-bond donors (Lipinski definition) is 1. The van der Waals surface area contributed by atoms with Crippen molar-refractivity contribution in [1.29, 1.82) is 0 Å². The second kappa shape index (κ2) is 4.94. The Kier molecular flexibility index (Phi) is 3.12. The molecule has 0 spiro atoms. The summed E-state index contributed by atoms with van der Waals surface area (Å²) < 4.78 is 1.91. The zero-order valence-corrected chi connectivity index (χ0v) is 11.6. The van der Waals surface area contributed by atoms with Crippen LogP contribution >= 0.6 is 11.3 Å². The number of allylic oxidation sites excluding steroid dienone is 1. The fourth-order valence-corrected chi connectivity index (χ4v) is 2.66. The Balaban J connectivity index is 1.91. The van der Waals surface area contributed by atoms with E-state index in [2.05, 4.69) is 4.98 Å². The van der Waals surface area contributed by atoms with Crippen molar-refractivity contribution in [3.63, 3.8) is 0 Å². The van der Waals surface area contributed by atoms with Crippen LogP contribution in [0.3, 0.4) is 0 Å². The zero-order valence-electron chi connectivity index (χ0n) is 10.8. The van der Waals surface area contributed by atoms with Gasteiger partial charge in [-0.3, -0.25) is 4.79 Å². The van der Waals surface area contributed by atoms with Crippen molar-refractivity contribution < 1.29 is 9.90 Å². The molecule has 4 nitrogen and oxygen atoms in total. The summed E-state index contributed by atoms with van der Waals surface area (Å²) in [5.41, 5.74) is 2.80. The number of fused-ring (bicyclic) bond motifs is 1. The van der Waals surface area contributed by atoms with E-state index >= 15 is 0 Å². The van der Waals surface area contributed by atoms with E-state index in [-0.39, 0.29) is 11.5 Å². The molecule has 0 aliphatic heterocycles. The number of carbonyl (C=O) groups excluding carboxylic acids is 1. The second-order valence-electron chi connectivity index (χ2n) is 4.45. The first-order chi connectivity index (χ1) is 9.65. The Morgan fingerprint density at radius 2 is 2.30 bits per heavy atom. The minimum atomic E-state index is -0.209. The molecule has 100 valence electrons. The Hall–Kier alpha value is -2.40. The van der Waals surface area contributed by atoms with Crippen LogP contribution in [-0.2, 0) is 0 Å². The summed E-state index contributed by atoms with van der Waals surface area (Å²) in [7, 11) is 0. The number of pyridine rings is 1. The number of ketones is 1. The van der Waals surface area contributed by atoms with Gasteiger partial charge < -0.3 is 9.51 Å². The molecular formula is C15H12N2O2S. The highest BCUT2D eigenvalue weighted by atomic mass is 32.1. The average Bonchev–Trinajstić information content (AvgIpc) is 3.02. The third-order valence-electron chi connectivity index (χ3n) is 2.97. The number of aromatic hydroxyl groups is 1. The molecule has 0 aliphatic rings. The van der Waals surface area contributed by atoms with Gasteiger partial charge in [0, 0.05) is 6.20 Å². The first-order valence-electron chi connectivity index (χ1n) is 6.08. The van der Waals surface area contributed by atoms with Crippen LogP contribution in [-0.4, -0.2) is 20.3 Å². The average molecular weight is 284 g/mol. The lowest BCUT2D eigenvalue weighted by Gasteiger charge is -1.97. The van der Waals surface area contributed by atoms with Crippen molar-refractivity contribution in [2.75, 3.05) is 0 Å². The number of rotatable bonds is 3. The van der Waals surface area contributed by atoms with Gasteiger partial charge in [0.05, 0.1) is 11.9 Å².